The van der Waals surface area contributed by atoms with Gasteiger partial charge < -0.3 is 11.1 Å². The molecule has 0 bridgehead atoms. The molecule has 6 nitrogen and oxygen atoms in total. The van der Waals surface area contributed by atoms with Gasteiger partial charge in [0, 0.05) is 6.54 Å². The highest BCUT2D eigenvalue weighted by atomic mass is 16.6. The highest BCUT2D eigenvalue weighted by molar-refractivity contribution is 5.95. The molecular weight excluding hydrogens is 196 g/mol. The van der Waals surface area contributed by atoms with Crippen molar-refractivity contribution >= 4 is 11.7 Å². The molecule has 1 rings (SSSR count). The molecule has 1 amide bonds. The summed E-state index contributed by atoms with van der Waals surface area (Å²) < 4.78 is 4.33. The second kappa shape index (κ2) is 4.77. The number of carbonyl (C=O) groups excluding carboxylic acids is 1. The molecule has 84 valence electrons. The van der Waals surface area contributed by atoms with E-state index in [1.54, 1.807) is 0 Å². The van der Waals surface area contributed by atoms with Crippen LogP contribution in [0.1, 0.15) is 31.3 Å². The zero-order valence-electron chi connectivity index (χ0n) is 9.15. The molecule has 0 aliphatic rings. The van der Waals surface area contributed by atoms with Crippen LogP contribution < -0.4 is 11.1 Å². The fraction of sp³-hybridized carbons (Fsp3) is 0.667. The van der Waals surface area contributed by atoms with Crippen LogP contribution in [0.4, 0.5) is 5.82 Å². The number of aromatic nitrogens is 2. The number of nitrogen functional groups attached to an aromatic ring is 1. The minimum Gasteiger partial charge on any atom is -0.379 e. The third-order valence-corrected chi connectivity index (χ3v) is 2.45. The molecule has 0 aromatic carbocycles. The van der Waals surface area contributed by atoms with Crippen molar-refractivity contribution in [3.8, 4) is 0 Å². The zero-order valence-corrected chi connectivity index (χ0v) is 9.15. The average Bonchev–Trinajstić information content (AvgIpc) is 2.60. The number of hydrogen-bond acceptors (Lipinski definition) is 5. The Labute approximate surface area is 88.2 Å². The number of rotatable bonds is 4. The van der Waals surface area contributed by atoms with Gasteiger partial charge in [0.2, 0.25) is 11.5 Å². The van der Waals surface area contributed by atoms with E-state index in [1.807, 2.05) is 0 Å². The summed E-state index contributed by atoms with van der Waals surface area (Å²) >= 11 is 0. The largest absolute Gasteiger partial charge is 0.379 e. The van der Waals surface area contributed by atoms with Gasteiger partial charge in [-0.2, -0.15) is 0 Å². The number of carbonyl (C=O) groups is 1. The van der Waals surface area contributed by atoms with Gasteiger partial charge in [-0.05, 0) is 22.1 Å². The fourth-order valence-electron chi connectivity index (χ4n) is 0.926. The van der Waals surface area contributed by atoms with Crippen LogP contribution >= 0.6 is 0 Å². The second-order valence-electron chi connectivity index (χ2n) is 3.93. The first-order valence-electron chi connectivity index (χ1n) is 4.88. The Bertz CT molecular complexity index is 335. The monoisotopic (exact) mass is 212 g/mol. The van der Waals surface area contributed by atoms with Gasteiger partial charge in [-0.1, -0.05) is 20.8 Å². The number of amides is 1. The Morgan fingerprint density at radius 2 is 2.13 bits per heavy atom. The van der Waals surface area contributed by atoms with E-state index >= 15 is 0 Å². The first kappa shape index (κ1) is 11.5. The van der Waals surface area contributed by atoms with Crippen molar-refractivity contribution < 1.29 is 9.42 Å². The molecule has 1 aromatic heterocycles. The Morgan fingerprint density at radius 1 is 1.47 bits per heavy atom. The maximum absolute atomic E-state index is 11.5. The predicted octanol–water partition coefficient (Wildman–Crippen LogP) is 0.674. The molecule has 0 aliphatic heterocycles. The summed E-state index contributed by atoms with van der Waals surface area (Å²) in [5, 5.41) is 9.47. The molecule has 6 heteroatoms. The highest BCUT2D eigenvalue weighted by Crippen LogP contribution is 2.09. The standard InChI is InChI=1S/C9H16N4O2/c1-5(2)6(3)4-11-9(14)7-8(10)13-15-12-7/h5-6H,4H2,1-3H3,(H2,10,13)(H,11,14). The highest BCUT2D eigenvalue weighted by Gasteiger charge is 2.16. The Morgan fingerprint density at radius 3 is 2.60 bits per heavy atom. The van der Waals surface area contributed by atoms with Crippen molar-refractivity contribution in [3.05, 3.63) is 5.69 Å². The lowest BCUT2D eigenvalue weighted by Gasteiger charge is -2.15. The van der Waals surface area contributed by atoms with Gasteiger partial charge in [-0.3, -0.25) is 4.79 Å². The van der Waals surface area contributed by atoms with Crippen LogP contribution in [-0.2, 0) is 0 Å². The van der Waals surface area contributed by atoms with Crippen LogP contribution in [0.3, 0.4) is 0 Å². The molecule has 15 heavy (non-hydrogen) atoms. The van der Waals surface area contributed by atoms with E-state index in [1.165, 1.54) is 0 Å². The molecule has 0 aliphatic carbocycles. The first-order chi connectivity index (χ1) is 7.02. The zero-order chi connectivity index (χ0) is 11.4. The van der Waals surface area contributed by atoms with Crippen LogP contribution in [0.15, 0.2) is 4.63 Å². The number of hydrogen-bond donors (Lipinski definition) is 2. The number of nitrogens with zero attached hydrogens (tertiary/aromatic N) is 2. The Balaban J connectivity index is 2.47. The summed E-state index contributed by atoms with van der Waals surface area (Å²) in [6.07, 6.45) is 0. The lowest BCUT2D eigenvalue weighted by molar-refractivity contribution is 0.0935. The topological polar surface area (TPSA) is 94.0 Å². The van der Waals surface area contributed by atoms with Gasteiger partial charge in [0.25, 0.3) is 5.91 Å². The van der Waals surface area contributed by atoms with Crippen molar-refractivity contribution in [1.82, 2.24) is 15.6 Å². The summed E-state index contributed by atoms with van der Waals surface area (Å²) in [5.41, 5.74) is 5.43. The lowest BCUT2D eigenvalue weighted by atomic mass is 9.98. The number of nitrogens with two attached hydrogens (primary N) is 1. The van der Waals surface area contributed by atoms with E-state index in [9.17, 15) is 4.79 Å². The van der Waals surface area contributed by atoms with E-state index in [4.69, 9.17) is 5.73 Å². The van der Waals surface area contributed by atoms with E-state index in [0.29, 0.717) is 18.4 Å². The number of nitrogens with one attached hydrogen (secondary N) is 1. The molecule has 0 radical (unpaired) electrons. The maximum Gasteiger partial charge on any atom is 0.277 e. The second-order valence-corrected chi connectivity index (χ2v) is 3.93. The molecule has 0 saturated carbocycles. The molecule has 0 fully saturated rings. The molecular formula is C9H16N4O2. The summed E-state index contributed by atoms with van der Waals surface area (Å²) in [4.78, 5) is 11.5. The quantitative estimate of drug-likeness (QED) is 0.765. The van der Waals surface area contributed by atoms with Crippen molar-refractivity contribution in [1.29, 1.82) is 0 Å². The third-order valence-electron chi connectivity index (χ3n) is 2.45. The van der Waals surface area contributed by atoms with Crippen molar-refractivity contribution in [2.45, 2.75) is 20.8 Å². The molecule has 1 heterocycles. The fourth-order valence-corrected chi connectivity index (χ4v) is 0.926. The lowest BCUT2D eigenvalue weighted by Crippen LogP contribution is -2.30. The molecule has 3 N–H and O–H groups in total. The van der Waals surface area contributed by atoms with Gasteiger partial charge in [0.15, 0.2) is 0 Å². The van der Waals surface area contributed by atoms with Gasteiger partial charge in [-0.25, -0.2) is 4.63 Å². The van der Waals surface area contributed by atoms with E-state index in [-0.39, 0.29) is 17.4 Å². The first-order valence-corrected chi connectivity index (χ1v) is 4.88. The van der Waals surface area contributed by atoms with Crippen molar-refractivity contribution in [3.63, 3.8) is 0 Å². The van der Waals surface area contributed by atoms with Gasteiger partial charge in [-0.15, -0.1) is 0 Å². The maximum atomic E-state index is 11.5. The normalized spacial score (nSPS) is 12.8. The SMILES string of the molecule is CC(C)C(C)CNC(=O)c1nonc1N. The predicted molar refractivity (Wildman–Crippen MR) is 55.0 cm³/mol. The van der Waals surface area contributed by atoms with Crippen LogP contribution in [0.5, 0.6) is 0 Å². The summed E-state index contributed by atoms with van der Waals surface area (Å²) in [5.74, 6) is 0.582. The van der Waals surface area contributed by atoms with Crippen LogP contribution in [0.25, 0.3) is 0 Å². The molecule has 1 aromatic rings. The number of anilines is 1. The van der Waals surface area contributed by atoms with Gasteiger partial charge in [0.1, 0.15) is 0 Å². The minimum atomic E-state index is -0.346. The molecule has 0 spiro atoms. The van der Waals surface area contributed by atoms with E-state index in [0.717, 1.165) is 0 Å². The molecule has 1 unspecified atom stereocenters. The van der Waals surface area contributed by atoms with Crippen molar-refractivity contribution in [2.75, 3.05) is 12.3 Å². The van der Waals surface area contributed by atoms with E-state index in [2.05, 4.69) is 41.0 Å². The summed E-state index contributed by atoms with van der Waals surface area (Å²) in [6, 6.07) is 0. The molecule has 1 atom stereocenters. The Hall–Kier alpha value is -1.59. The average molecular weight is 212 g/mol. The Kier molecular flexibility index (Phi) is 3.65. The third kappa shape index (κ3) is 2.93. The van der Waals surface area contributed by atoms with Crippen LogP contribution in [-0.4, -0.2) is 22.8 Å². The summed E-state index contributed by atoms with van der Waals surface area (Å²) in [7, 11) is 0. The molecule has 0 saturated heterocycles. The van der Waals surface area contributed by atoms with Gasteiger partial charge >= 0.3 is 0 Å². The van der Waals surface area contributed by atoms with Crippen LogP contribution in [0, 0.1) is 11.8 Å². The summed E-state index contributed by atoms with van der Waals surface area (Å²) in [6.45, 7) is 6.85. The minimum absolute atomic E-state index is 0.0182. The van der Waals surface area contributed by atoms with Crippen LogP contribution in [0.2, 0.25) is 0 Å². The smallest absolute Gasteiger partial charge is 0.277 e. The van der Waals surface area contributed by atoms with Crippen molar-refractivity contribution in [2.24, 2.45) is 11.8 Å². The van der Waals surface area contributed by atoms with Gasteiger partial charge in [0.05, 0.1) is 0 Å². The van der Waals surface area contributed by atoms with E-state index < -0.39 is 0 Å².